The predicted octanol–water partition coefficient (Wildman–Crippen LogP) is 5.06. The fraction of sp³-hybridized carbons (Fsp3) is 0.250. The maximum absolute atomic E-state index is 13.7. The van der Waals surface area contributed by atoms with Crippen LogP contribution in [0.15, 0.2) is 36.4 Å². The molecule has 0 nitrogen and oxygen atoms in total. The van der Waals surface area contributed by atoms with Gasteiger partial charge in [-0.1, -0.05) is 32.0 Å². The van der Waals surface area contributed by atoms with Crippen molar-refractivity contribution in [2.24, 2.45) is 0 Å². The van der Waals surface area contributed by atoms with Gasteiger partial charge in [0.25, 0.3) is 0 Å². The van der Waals surface area contributed by atoms with Gasteiger partial charge in [0.05, 0.1) is 0 Å². The van der Waals surface area contributed by atoms with E-state index in [1.165, 1.54) is 17.7 Å². The van der Waals surface area contributed by atoms with E-state index in [4.69, 9.17) is 0 Å². The second kappa shape index (κ2) is 4.89. The standard InChI is InChI=1S/C16H16F2/c1-10(2)14-8-12(5-4-11(14)3)15-9-13(17)6-7-16(15)18/h4-10H,1-3H3. The van der Waals surface area contributed by atoms with Gasteiger partial charge in [-0.25, -0.2) is 8.78 Å². The minimum Gasteiger partial charge on any atom is -0.207 e. The highest BCUT2D eigenvalue weighted by atomic mass is 19.1. The molecule has 0 aliphatic rings. The SMILES string of the molecule is Cc1ccc(-c2cc(F)ccc2F)cc1C(C)C. The Morgan fingerprint density at radius 3 is 2.33 bits per heavy atom. The molecule has 2 aromatic rings. The first-order valence-corrected chi connectivity index (χ1v) is 6.05. The molecule has 0 atom stereocenters. The Bertz CT molecular complexity index is 571. The first-order chi connectivity index (χ1) is 8.49. The quantitative estimate of drug-likeness (QED) is 0.694. The number of hydrogen-bond donors (Lipinski definition) is 0. The van der Waals surface area contributed by atoms with E-state index in [2.05, 4.69) is 13.8 Å². The molecule has 0 aliphatic heterocycles. The molecule has 2 heteroatoms. The Morgan fingerprint density at radius 2 is 1.67 bits per heavy atom. The molecule has 0 N–H and O–H groups in total. The summed E-state index contributed by atoms with van der Waals surface area (Å²) in [7, 11) is 0. The zero-order chi connectivity index (χ0) is 13.3. The molecule has 2 aromatic carbocycles. The maximum atomic E-state index is 13.7. The topological polar surface area (TPSA) is 0 Å². The largest absolute Gasteiger partial charge is 0.207 e. The summed E-state index contributed by atoms with van der Waals surface area (Å²) in [5.74, 6) is -0.449. The Balaban J connectivity index is 2.57. The van der Waals surface area contributed by atoms with E-state index in [-0.39, 0.29) is 0 Å². The number of halogens is 2. The molecule has 0 radical (unpaired) electrons. The maximum Gasteiger partial charge on any atom is 0.131 e. The van der Waals surface area contributed by atoms with Crippen molar-refractivity contribution in [1.82, 2.24) is 0 Å². The average Bonchev–Trinajstić information content (AvgIpc) is 2.33. The van der Waals surface area contributed by atoms with Crippen LogP contribution in [-0.4, -0.2) is 0 Å². The van der Waals surface area contributed by atoms with Gasteiger partial charge in [0.1, 0.15) is 11.6 Å². The van der Waals surface area contributed by atoms with E-state index in [0.29, 0.717) is 11.5 Å². The second-order valence-corrected chi connectivity index (χ2v) is 4.85. The Morgan fingerprint density at radius 1 is 0.944 bits per heavy atom. The lowest BCUT2D eigenvalue weighted by molar-refractivity contribution is 0.603. The summed E-state index contributed by atoms with van der Waals surface area (Å²) in [4.78, 5) is 0. The van der Waals surface area contributed by atoms with Crippen LogP contribution in [0.2, 0.25) is 0 Å². The summed E-state index contributed by atoms with van der Waals surface area (Å²) in [6.45, 7) is 6.21. The van der Waals surface area contributed by atoms with Crippen molar-refractivity contribution >= 4 is 0 Å². The molecule has 0 amide bonds. The molecule has 0 saturated heterocycles. The molecule has 94 valence electrons. The van der Waals surface area contributed by atoms with Gasteiger partial charge < -0.3 is 0 Å². The van der Waals surface area contributed by atoms with E-state index in [1.807, 2.05) is 25.1 Å². The van der Waals surface area contributed by atoms with Crippen molar-refractivity contribution in [1.29, 1.82) is 0 Å². The minimum atomic E-state index is -0.418. The van der Waals surface area contributed by atoms with Crippen molar-refractivity contribution in [3.8, 4) is 11.1 Å². The summed E-state index contributed by atoms with van der Waals surface area (Å²) in [5.41, 5.74) is 3.37. The molecule has 0 unspecified atom stereocenters. The molecule has 18 heavy (non-hydrogen) atoms. The number of rotatable bonds is 2. The smallest absolute Gasteiger partial charge is 0.131 e. The van der Waals surface area contributed by atoms with Gasteiger partial charge in [-0.05, 0) is 47.7 Å². The fourth-order valence-corrected chi connectivity index (χ4v) is 2.15. The molecule has 0 fully saturated rings. The monoisotopic (exact) mass is 246 g/mol. The summed E-state index contributed by atoms with van der Waals surface area (Å²) >= 11 is 0. The van der Waals surface area contributed by atoms with E-state index >= 15 is 0 Å². The predicted molar refractivity (Wildman–Crippen MR) is 70.6 cm³/mol. The summed E-state index contributed by atoms with van der Waals surface area (Å²) in [5, 5.41) is 0. The normalized spacial score (nSPS) is 11.0. The zero-order valence-electron chi connectivity index (χ0n) is 10.8. The van der Waals surface area contributed by atoms with Crippen LogP contribution in [-0.2, 0) is 0 Å². The molecule has 2 rings (SSSR count). The van der Waals surface area contributed by atoms with Crippen LogP contribution < -0.4 is 0 Å². The highest BCUT2D eigenvalue weighted by Gasteiger charge is 2.10. The Kier molecular flexibility index (Phi) is 3.46. The fourth-order valence-electron chi connectivity index (χ4n) is 2.15. The van der Waals surface area contributed by atoms with E-state index in [9.17, 15) is 8.78 Å². The Labute approximate surface area is 106 Å². The van der Waals surface area contributed by atoms with E-state index < -0.39 is 11.6 Å². The van der Waals surface area contributed by atoms with Crippen LogP contribution in [0, 0.1) is 18.6 Å². The Hall–Kier alpha value is -1.70. The summed E-state index contributed by atoms with van der Waals surface area (Å²) < 4.78 is 26.9. The van der Waals surface area contributed by atoms with Gasteiger partial charge in [-0.15, -0.1) is 0 Å². The first kappa shape index (κ1) is 12.7. The van der Waals surface area contributed by atoms with Crippen molar-refractivity contribution in [2.75, 3.05) is 0 Å². The van der Waals surface area contributed by atoms with Crippen molar-refractivity contribution in [3.05, 3.63) is 59.2 Å². The third-order valence-electron chi connectivity index (χ3n) is 3.14. The highest BCUT2D eigenvalue weighted by Crippen LogP contribution is 2.28. The van der Waals surface area contributed by atoms with Gasteiger partial charge in [0.2, 0.25) is 0 Å². The third-order valence-corrected chi connectivity index (χ3v) is 3.14. The first-order valence-electron chi connectivity index (χ1n) is 6.05. The average molecular weight is 246 g/mol. The second-order valence-electron chi connectivity index (χ2n) is 4.85. The van der Waals surface area contributed by atoms with Gasteiger partial charge in [0.15, 0.2) is 0 Å². The number of hydrogen-bond acceptors (Lipinski definition) is 0. The van der Waals surface area contributed by atoms with Gasteiger partial charge in [-0.3, -0.25) is 0 Å². The zero-order valence-corrected chi connectivity index (χ0v) is 10.8. The number of benzene rings is 2. The molecular formula is C16H16F2. The van der Waals surface area contributed by atoms with Crippen LogP contribution in [0.5, 0.6) is 0 Å². The van der Waals surface area contributed by atoms with Crippen LogP contribution in [0.25, 0.3) is 11.1 Å². The van der Waals surface area contributed by atoms with E-state index in [1.54, 1.807) is 0 Å². The molecule has 0 spiro atoms. The lowest BCUT2D eigenvalue weighted by atomic mass is 9.93. The molecule has 0 saturated carbocycles. The van der Waals surface area contributed by atoms with Crippen LogP contribution >= 0.6 is 0 Å². The lowest BCUT2D eigenvalue weighted by Crippen LogP contribution is -1.94. The highest BCUT2D eigenvalue weighted by molar-refractivity contribution is 5.65. The molecule has 0 aromatic heterocycles. The lowest BCUT2D eigenvalue weighted by Gasteiger charge is -2.12. The van der Waals surface area contributed by atoms with Gasteiger partial charge >= 0.3 is 0 Å². The molecule has 0 aliphatic carbocycles. The van der Waals surface area contributed by atoms with Crippen LogP contribution in [0.1, 0.15) is 30.9 Å². The van der Waals surface area contributed by atoms with Crippen molar-refractivity contribution in [3.63, 3.8) is 0 Å². The number of aryl methyl sites for hydroxylation is 1. The van der Waals surface area contributed by atoms with Crippen LogP contribution in [0.4, 0.5) is 8.78 Å². The minimum absolute atomic E-state index is 0.317. The van der Waals surface area contributed by atoms with Gasteiger partial charge in [-0.2, -0.15) is 0 Å². The molecule has 0 heterocycles. The summed E-state index contributed by atoms with van der Waals surface area (Å²) in [6.07, 6.45) is 0. The molecule has 0 bridgehead atoms. The van der Waals surface area contributed by atoms with Crippen molar-refractivity contribution in [2.45, 2.75) is 26.7 Å². The van der Waals surface area contributed by atoms with Gasteiger partial charge in [0, 0.05) is 5.56 Å². The van der Waals surface area contributed by atoms with Crippen molar-refractivity contribution < 1.29 is 8.78 Å². The third kappa shape index (κ3) is 2.42. The van der Waals surface area contributed by atoms with Crippen LogP contribution in [0.3, 0.4) is 0 Å². The van der Waals surface area contributed by atoms with E-state index in [0.717, 1.165) is 17.2 Å². The molecular weight excluding hydrogens is 230 g/mol. The summed E-state index contributed by atoms with van der Waals surface area (Å²) in [6, 6.07) is 9.27.